The molecule has 0 unspecified atom stereocenters. The molecule has 2 rings (SSSR count). The van der Waals surface area contributed by atoms with Crippen LogP contribution >= 0.6 is 0 Å². The molecule has 1 aliphatic rings. The first-order valence-electron chi connectivity index (χ1n) is 5.06. The van der Waals surface area contributed by atoms with Gasteiger partial charge in [0.05, 0.1) is 19.1 Å². The van der Waals surface area contributed by atoms with Gasteiger partial charge in [0.15, 0.2) is 0 Å². The lowest BCUT2D eigenvalue weighted by atomic mass is 9.94. The molecule has 1 aliphatic heterocycles. The molecule has 4 nitrogen and oxygen atoms in total. The van der Waals surface area contributed by atoms with Crippen molar-refractivity contribution in [1.82, 2.24) is 4.90 Å². The normalized spacial score (nSPS) is 14.6. The second kappa shape index (κ2) is 3.96. The molecule has 0 saturated heterocycles. The van der Waals surface area contributed by atoms with Crippen LogP contribution in [0.1, 0.15) is 21.5 Å². The lowest BCUT2D eigenvalue weighted by Crippen LogP contribution is -2.33. The first kappa shape index (κ1) is 10.7. The third-order valence-electron chi connectivity index (χ3n) is 2.84. The minimum atomic E-state index is -0.380. The molecule has 0 fully saturated rings. The molecule has 84 valence electrons. The Morgan fingerprint density at radius 1 is 1.44 bits per heavy atom. The van der Waals surface area contributed by atoms with Crippen LogP contribution in [0.4, 0.5) is 0 Å². The highest BCUT2D eigenvalue weighted by atomic mass is 16.5. The van der Waals surface area contributed by atoms with E-state index in [-0.39, 0.29) is 18.3 Å². The molecule has 1 aromatic rings. The Morgan fingerprint density at radius 3 is 2.88 bits per heavy atom. The largest absolute Gasteiger partial charge is 0.465 e. The fourth-order valence-corrected chi connectivity index (χ4v) is 1.92. The number of esters is 1. The number of likely N-dealkylation sites (N-methyl/N-ethyl adjacent to an activating group) is 1. The molecule has 0 aromatic heterocycles. The average Bonchev–Trinajstić information content (AvgIpc) is 2.29. The van der Waals surface area contributed by atoms with Gasteiger partial charge in [0.1, 0.15) is 0 Å². The zero-order valence-electron chi connectivity index (χ0n) is 9.32. The van der Waals surface area contributed by atoms with E-state index in [2.05, 4.69) is 0 Å². The van der Waals surface area contributed by atoms with E-state index in [9.17, 15) is 9.59 Å². The van der Waals surface area contributed by atoms with E-state index in [1.165, 1.54) is 7.11 Å². The van der Waals surface area contributed by atoms with Gasteiger partial charge in [0, 0.05) is 13.6 Å². The Balaban J connectivity index is 2.48. The summed E-state index contributed by atoms with van der Waals surface area (Å²) in [5.41, 5.74) is 2.32. The van der Waals surface area contributed by atoms with Crippen LogP contribution in [-0.2, 0) is 22.5 Å². The van der Waals surface area contributed by atoms with E-state index in [0.29, 0.717) is 12.1 Å². The van der Waals surface area contributed by atoms with Crippen molar-refractivity contribution in [2.75, 3.05) is 14.2 Å². The van der Waals surface area contributed by atoms with Crippen molar-refractivity contribution in [2.24, 2.45) is 0 Å². The maximum Gasteiger partial charge on any atom is 0.338 e. The van der Waals surface area contributed by atoms with Crippen molar-refractivity contribution in [2.45, 2.75) is 13.0 Å². The maximum absolute atomic E-state index is 11.6. The summed E-state index contributed by atoms with van der Waals surface area (Å²) in [6.07, 6.45) is 0.275. The summed E-state index contributed by atoms with van der Waals surface area (Å²) >= 11 is 0. The second-order valence-corrected chi connectivity index (χ2v) is 3.86. The molecular formula is C12H13NO3. The molecule has 0 N–H and O–H groups in total. The number of nitrogens with zero attached hydrogens (tertiary/aromatic N) is 1. The molecule has 1 amide bonds. The summed E-state index contributed by atoms with van der Waals surface area (Å²) in [6, 6.07) is 5.45. The highest BCUT2D eigenvalue weighted by Gasteiger charge is 2.24. The van der Waals surface area contributed by atoms with Crippen LogP contribution in [0.25, 0.3) is 0 Å². The van der Waals surface area contributed by atoms with Crippen molar-refractivity contribution in [3.8, 4) is 0 Å². The summed E-state index contributed by atoms with van der Waals surface area (Å²) in [4.78, 5) is 24.8. The van der Waals surface area contributed by atoms with Gasteiger partial charge in [-0.3, -0.25) is 4.79 Å². The SMILES string of the molecule is COC(=O)c1cccc2c1CC(=O)N(C)C2. The Labute approximate surface area is 93.8 Å². The summed E-state index contributed by atoms with van der Waals surface area (Å²) in [5, 5.41) is 0. The van der Waals surface area contributed by atoms with Crippen molar-refractivity contribution in [3.05, 3.63) is 34.9 Å². The zero-order valence-corrected chi connectivity index (χ0v) is 9.32. The number of fused-ring (bicyclic) bond motifs is 1. The number of ether oxygens (including phenoxy) is 1. The van der Waals surface area contributed by atoms with Crippen LogP contribution in [-0.4, -0.2) is 30.9 Å². The van der Waals surface area contributed by atoms with Gasteiger partial charge in [0.2, 0.25) is 5.91 Å². The first-order valence-corrected chi connectivity index (χ1v) is 5.06. The van der Waals surface area contributed by atoms with E-state index in [1.54, 1.807) is 18.0 Å². The van der Waals surface area contributed by atoms with Crippen LogP contribution < -0.4 is 0 Å². The summed E-state index contributed by atoms with van der Waals surface area (Å²) in [6.45, 7) is 0.555. The molecule has 16 heavy (non-hydrogen) atoms. The fourth-order valence-electron chi connectivity index (χ4n) is 1.92. The Bertz CT molecular complexity index is 454. The number of amides is 1. The van der Waals surface area contributed by atoms with Crippen LogP contribution in [0, 0.1) is 0 Å². The molecule has 0 saturated carbocycles. The Kier molecular flexibility index (Phi) is 2.64. The average molecular weight is 219 g/mol. The number of carbonyl (C=O) groups is 2. The van der Waals surface area contributed by atoms with E-state index in [4.69, 9.17) is 4.74 Å². The smallest absolute Gasteiger partial charge is 0.338 e. The van der Waals surface area contributed by atoms with Gasteiger partial charge in [-0.25, -0.2) is 4.79 Å². The van der Waals surface area contributed by atoms with Crippen molar-refractivity contribution < 1.29 is 14.3 Å². The van der Waals surface area contributed by atoms with E-state index >= 15 is 0 Å². The fraction of sp³-hybridized carbons (Fsp3) is 0.333. The number of benzene rings is 1. The summed E-state index contributed by atoms with van der Waals surface area (Å²) in [7, 11) is 3.11. The van der Waals surface area contributed by atoms with Crippen molar-refractivity contribution >= 4 is 11.9 Å². The van der Waals surface area contributed by atoms with Gasteiger partial charge in [-0.15, -0.1) is 0 Å². The minimum Gasteiger partial charge on any atom is -0.465 e. The monoisotopic (exact) mass is 219 g/mol. The summed E-state index contributed by atoms with van der Waals surface area (Å²) in [5.74, 6) is -0.349. The second-order valence-electron chi connectivity index (χ2n) is 3.86. The van der Waals surface area contributed by atoms with Gasteiger partial charge in [0.25, 0.3) is 0 Å². The molecule has 0 spiro atoms. The highest BCUT2D eigenvalue weighted by molar-refractivity contribution is 5.94. The van der Waals surface area contributed by atoms with Crippen molar-refractivity contribution in [1.29, 1.82) is 0 Å². The van der Waals surface area contributed by atoms with E-state index < -0.39 is 0 Å². The quantitative estimate of drug-likeness (QED) is 0.662. The van der Waals surface area contributed by atoms with Crippen LogP contribution in [0.3, 0.4) is 0 Å². The van der Waals surface area contributed by atoms with Gasteiger partial charge < -0.3 is 9.64 Å². The lowest BCUT2D eigenvalue weighted by Gasteiger charge is -2.26. The molecule has 1 heterocycles. The number of hydrogen-bond donors (Lipinski definition) is 0. The van der Waals surface area contributed by atoms with Crippen LogP contribution in [0.2, 0.25) is 0 Å². The number of rotatable bonds is 1. The molecule has 1 aromatic carbocycles. The maximum atomic E-state index is 11.6. The van der Waals surface area contributed by atoms with Gasteiger partial charge >= 0.3 is 5.97 Å². The van der Waals surface area contributed by atoms with Gasteiger partial charge in [-0.2, -0.15) is 0 Å². The Morgan fingerprint density at radius 2 is 2.19 bits per heavy atom. The molecular weight excluding hydrogens is 206 g/mol. The number of methoxy groups -OCH3 is 1. The predicted octanol–water partition coefficient (Wildman–Crippen LogP) is 0.988. The van der Waals surface area contributed by atoms with Crippen molar-refractivity contribution in [3.63, 3.8) is 0 Å². The predicted molar refractivity (Wildman–Crippen MR) is 58.0 cm³/mol. The topological polar surface area (TPSA) is 46.6 Å². The lowest BCUT2D eigenvalue weighted by molar-refractivity contribution is -0.130. The molecule has 0 radical (unpaired) electrons. The summed E-state index contributed by atoms with van der Waals surface area (Å²) < 4.78 is 4.70. The highest BCUT2D eigenvalue weighted by Crippen LogP contribution is 2.22. The third-order valence-corrected chi connectivity index (χ3v) is 2.84. The standard InChI is InChI=1S/C12H13NO3/c1-13-7-8-4-3-5-9(12(15)16-2)10(8)6-11(13)14/h3-5H,6-7H2,1-2H3. The Hall–Kier alpha value is -1.84. The van der Waals surface area contributed by atoms with E-state index in [1.807, 2.05) is 12.1 Å². The molecule has 4 heteroatoms. The first-order chi connectivity index (χ1) is 7.63. The molecule has 0 bridgehead atoms. The van der Waals surface area contributed by atoms with Gasteiger partial charge in [-0.1, -0.05) is 12.1 Å². The van der Waals surface area contributed by atoms with Gasteiger partial charge in [-0.05, 0) is 17.2 Å². The molecule has 0 aliphatic carbocycles. The van der Waals surface area contributed by atoms with Crippen LogP contribution in [0.15, 0.2) is 18.2 Å². The number of carbonyl (C=O) groups excluding carboxylic acids is 2. The third kappa shape index (κ3) is 1.66. The number of hydrogen-bond acceptors (Lipinski definition) is 3. The zero-order chi connectivity index (χ0) is 11.7. The van der Waals surface area contributed by atoms with Crippen LogP contribution in [0.5, 0.6) is 0 Å². The molecule has 0 atom stereocenters. The minimum absolute atomic E-state index is 0.0313. The van der Waals surface area contributed by atoms with E-state index in [0.717, 1.165) is 11.1 Å².